The number of aryl methyl sites for hydroxylation is 1. The molecule has 0 aliphatic carbocycles. The van der Waals surface area contributed by atoms with Crippen LogP contribution < -0.4 is 10.5 Å². The fraction of sp³-hybridized carbons (Fsp3) is 0.286. The van der Waals surface area contributed by atoms with Crippen LogP contribution in [0.2, 0.25) is 0 Å². The van der Waals surface area contributed by atoms with Crippen LogP contribution >= 0.6 is 0 Å². The van der Waals surface area contributed by atoms with Crippen molar-refractivity contribution in [3.05, 3.63) is 65.5 Å². The Kier molecular flexibility index (Phi) is 6.24. The molecule has 5 nitrogen and oxygen atoms in total. The molecule has 0 aliphatic heterocycles. The first-order valence-corrected chi connectivity index (χ1v) is 9.15. The molecule has 3 N–H and O–H groups in total. The lowest BCUT2D eigenvalue weighted by Gasteiger charge is -2.19. The highest BCUT2D eigenvalue weighted by molar-refractivity contribution is 5.71. The van der Waals surface area contributed by atoms with E-state index in [1.807, 2.05) is 11.9 Å². The summed E-state index contributed by atoms with van der Waals surface area (Å²) in [5.41, 5.74) is 7.22. The fourth-order valence-electron chi connectivity index (χ4n) is 3.13. The number of alkyl halides is 3. The third-order valence-corrected chi connectivity index (χ3v) is 4.55. The van der Waals surface area contributed by atoms with Crippen molar-refractivity contribution in [1.82, 2.24) is 15.1 Å². The number of nitrogens with one attached hydrogen (secondary N) is 1. The third-order valence-electron chi connectivity index (χ3n) is 4.55. The number of ether oxygens (including phenoxy) is 1. The van der Waals surface area contributed by atoms with Gasteiger partial charge in [-0.1, -0.05) is 18.2 Å². The maximum absolute atomic E-state index is 13.8. The zero-order chi connectivity index (χ0) is 21.0. The summed E-state index contributed by atoms with van der Waals surface area (Å²) in [6, 6.07) is 11.0. The van der Waals surface area contributed by atoms with Gasteiger partial charge in [0, 0.05) is 25.2 Å². The molecular weight excluding hydrogens is 381 g/mol. The molecule has 154 valence electrons. The lowest BCUT2D eigenvalue weighted by Crippen LogP contribution is -2.25. The first-order valence-electron chi connectivity index (χ1n) is 9.15. The number of nitrogens with two attached hydrogens (primary N) is 1. The van der Waals surface area contributed by atoms with Crippen LogP contribution in [0.25, 0.3) is 11.1 Å². The van der Waals surface area contributed by atoms with Gasteiger partial charge in [-0.2, -0.15) is 18.3 Å². The van der Waals surface area contributed by atoms with Crippen molar-refractivity contribution in [1.29, 1.82) is 0 Å². The standard InChI is InChI=1S/C21H23F3N4O/c1-14-10-20(29-15-6-4-3-5-7-15)18(21(22,23)24)11-16(14)17-12-26-27-19(17)13-28(2)9-8-25/h3-7,10-12H,8-9,13,25H2,1-2H3,(H,26,27). The molecule has 0 aliphatic rings. The van der Waals surface area contributed by atoms with E-state index >= 15 is 0 Å². The van der Waals surface area contributed by atoms with Crippen molar-refractivity contribution in [2.45, 2.75) is 19.6 Å². The van der Waals surface area contributed by atoms with E-state index in [9.17, 15) is 13.2 Å². The van der Waals surface area contributed by atoms with Crippen molar-refractivity contribution in [2.75, 3.05) is 20.1 Å². The molecule has 0 fully saturated rings. The first kappa shape index (κ1) is 20.9. The Balaban J connectivity index is 2.03. The van der Waals surface area contributed by atoms with E-state index in [0.29, 0.717) is 42.1 Å². The number of nitrogens with zero attached hydrogens (tertiary/aromatic N) is 2. The molecule has 3 aromatic rings. The SMILES string of the molecule is Cc1cc(Oc2ccccc2)c(C(F)(F)F)cc1-c1cn[nH]c1CN(C)CCN. The number of aromatic nitrogens is 2. The van der Waals surface area contributed by atoms with Gasteiger partial charge in [-0.3, -0.25) is 10.00 Å². The Morgan fingerprint density at radius 2 is 1.86 bits per heavy atom. The largest absolute Gasteiger partial charge is 0.457 e. The van der Waals surface area contributed by atoms with Crippen molar-refractivity contribution in [3.63, 3.8) is 0 Å². The monoisotopic (exact) mass is 404 g/mol. The number of para-hydroxylation sites is 1. The zero-order valence-corrected chi connectivity index (χ0v) is 16.3. The minimum absolute atomic E-state index is 0.227. The second kappa shape index (κ2) is 8.67. The molecular formula is C21H23F3N4O. The Morgan fingerprint density at radius 3 is 2.52 bits per heavy atom. The molecule has 0 amide bonds. The van der Waals surface area contributed by atoms with Crippen molar-refractivity contribution < 1.29 is 17.9 Å². The van der Waals surface area contributed by atoms with E-state index in [2.05, 4.69) is 10.2 Å². The van der Waals surface area contributed by atoms with Crippen molar-refractivity contribution in [2.24, 2.45) is 5.73 Å². The summed E-state index contributed by atoms with van der Waals surface area (Å²) in [7, 11) is 1.89. The number of H-pyrrole nitrogens is 1. The molecule has 0 saturated heterocycles. The van der Waals surface area contributed by atoms with Gasteiger partial charge in [-0.05, 0) is 49.4 Å². The summed E-state index contributed by atoms with van der Waals surface area (Å²) in [6.45, 7) is 3.40. The van der Waals surface area contributed by atoms with Gasteiger partial charge in [0.25, 0.3) is 0 Å². The van der Waals surface area contributed by atoms with Gasteiger partial charge in [0.2, 0.25) is 0 Å². The lowest BCUT2D eigenvalue weighted by molar-refractivity contribution is -0.138. The fourth-order valence-corrected chi connectivity index (χ4v) is 3.13. The van der Waals surface area contributed by atoms with Gasteiger partial charge in [0.1, 0.15) is 11.5 Å². The van der Waals surface area contributed by atoms with Gasteiger partial charge >= 0.3 is 6.18 Å². The number of aromatic amines is 1. The minimum Gasteiger partial charge on any atom is -0.457 e. The number of hydrogen-bond donors (Lipinski definition) is 2. The van der Waals surface area contributed by atoms with Crippen LogP contribution in [-0.2, 0) is 12.7 Å². The van der Waals surface area contributed by atoms with E-state index < -0.39 is 11.7 Å². The molecule has 0 saturated carbocycles. The summed E-state index contributed by atoms with van der Waals surface area (Å²) in [5, 5.41) is 6.93. The highest BCUT2D eigenvalue weighted by Crippen LogP contribution is 2.42. The zero-order valence-electron chi connectivity index (χ0n) is 16.3. The van der Waals surface area contributed by atoms with E-state index in [1.54, 1.807) is 43.5 Å². The van der Waals surface area contributed by atoms with Gasteiger partial charge < -0.3 is 10.5 Å². The Labute approximate surface area is 167 Å². The topological polar surface area (TPSA) is 67.2 Å². The molecule has 0 bridgehead atoms. The van der Waals surface area contributed by atoms with Crippen molar-refractivity contribution in [3.8, 4) is 22.6 Å². The van der Waals surface area contributed by atoms with E-state index in [0.717, 1.165) is 11.8 Å². The molecule has 3 rings (SSSR count). The molecule has 8 heteroatoms. The molecule has 1 heterocycles. The maximum Gasteiger partial charge on any atom is 0.420 e. The molecule has 0 atom stereocenters. The number of rotatable bonds is 7. The van der Waals surface area contributed by atoms with Crippen LogP contribution in [0, 0.1) is 6.92 Å². The third kappa shape index (κ3) is 4.96. The Bertz CT molecular complexity index is 954. The quantitative estimate of drug-likeness (QED) is 0.605. The maximum atomic E-state index is 13.8. The van der Waals surface area contributed by atoms with Gasteiger partial charge in [0.15, 0.2) is 0 Å². The second-order valence-corrected chi connectivity index (χ2v) is 6.86. The molecule has 0 spiro atoms. The highest BCUT2D eigenvalue weighted by Gasteiger charge is 2.36. The Morgan fingerprint density at radius 1 is 1.14 bits per heavy atom. The van der Waals surface area contributed by atoms with Crippen LogP contribution in [0.3, 0.4) is 0 Å². The predicted molar refractivity (Wildman–Crippen MR) is 106 cm³/mol. The first-order chi connectivity index (χ1) is 13.8. The van der Waals surface area contributed by atoms with Gasteiger partial charge in [0.05, 0.1) is 17.5 Å². The normalized spacial score (nSPS) is 11.8. The molecule has 29 heavy (non-hydrogen) atoms. The van der Waals surface area contributed by atoms with Crippen LogP contribution in [0.1, 0.15) is 16.8 Å². The summed E-state index contributed by atoms with van der Waals surface area (Å²) >= 11 is 0. The highest BCUT2D eigenvalue weighted by atomic mass is 19.4. The average molecular weight is 404 g/mol. The smallest absolute Gasteiger partial charge is 0.420 e. The van der Waals surface area contributed by atoms with E-state index in [-0.39, 0.29) is 5.75 Å². The van der Waals surface area contributed by atoms with Crippen LogP contribution in [0.5, 0.6) is 11.5 Å². The number of hydrogen-bond acceptors (Lipinski definition) is 4. The Hall–Kier alpha value is -2.84. The number of benzene rings is 2. The predicted octanol–water partition coefficient (Wildman–Crippen LogP) is 4.59. The molecule has 0 radical (unpaired) electrons. The van der Waals surface area contributed by atoms with Crippen LogP contribution in [0.4, 0.5) is 13.2 Å². The minimum atomic E-state index is -4.56. The summed E-state index contributed by atoms with van der Waals surface area (Å²) in [5.74, 6) is 0.118. The average Bonchev–Trinajstić information content (AvgIpc) is 3.09. The van der Waals surface area contributed by atoms with Crippen LogP contribution in [-0.4, -0.2) is 35.2 Å². The molecule has 1 aromatic heterocycles. The molecule has 2 aromatic carbocycles. The van der Waals surface area contributed by atoms with E-state index in [4.69, 9.17) is 10.5 Å². The van der Waals surface area contributed by atoms with Crippen molar-refractivity contribution >= 4 is 0 Å². The number of halogens is 3. The number of likely N-dealkylation sites (N-methyl/N-ethyl adjacent to an activating group) is 1. The summed E-state index contributed by atoms with van der Waals surface area (Å²) < 4.78 is 46.9. The van der Waals surface area contributed by atoms with Gasteiger partial charge in [-0.15, -0.1) is 0 Å². The summed E-state index contributed by atoms with van der Waals surface area (Å²) in [6.07, 6.45) is -3.02. The molecule has 0 unspecified atom stereocenters. The lowest BCUT2D eigenvalue weighted by atomic mass is 9.97. The second-order valence-electron chi connectivity index (χ2n) is 6.86. The summed E-state index contributed by atoms with van der Waals surface area (Å²) in [4.78, 5) is 1.98. The van der Waals surface area contributed by atoms with Crippen LogP contribution in [0.15, 0.2) is 48.7 Å². The van der Waals surface area contributed by atoms with Gasteiger partial charge in [-0.25, -0.2) is 0 Å². The van der Waals surface area contributed by atoms with E-state index in [1.165, 1.54) is 6.07 Å².